The number of benzene rings is 1. The molecule has 0 spiro atoms. The van der Waals surface area contributed by atoms with Gasteiger partial charge < -0.3 is 14.8 Å². The number of hydrogen-bond donors (Lipinski definition) is 1. The van der Waals surface area contributed by atoms with Gasteiger partial charge >= 0.3 is 0 Å². The van der Waals surface area contributed by atoms with Crippen LogP contribution in [0.2, 0.25) is 0 Å². The molecule has 0 radical (unpaired) electrons. The second-order valence-corrected chi connectivity index (χ2v) is 4.50. The minimum absolute atomic E-state index is 0.491. The number of carbonyl (C=O) groups excluding carboxylic acids is 1. The molecule has 4 heteroatoms. The highest BCUT2D eigenvalue weighted by molar-refractivity contribution is 5.81. The number of methoxy groups -OCH3 is 2. The molecule has 1 atom stereocenters. The molecule has 0 saturated carbocycles. The lowest BCUT2D eigenvalue weighted by atomic mass is 10.0. The molecule has 0 aromatic heterocycles. The summed E-state index contributed by atoms with van der Waals surface area (Å²) in [7, 11) is 3.17. The number of ether oxygens (including phenoxy) is 2. The van der Waals surface area contributed by atoms with E-state index in [4.69, 9.17) is 9.47 Å². The maximum absolute atomic E-state index is 11.0. The Hall–Kier alpha value is -1.55. The monoisotopic (exact) mass is 249 g/mol. The van der Waals surface area contributed by atoms with Crippen LogP contribution in [-0.4, -0.2) is 33.1 Å². The van der Waals surface area contributed by atoms with Crippen molar-refractivity contribution in [3.8, 4) is 11.5 Å². The Labute approximate surface area is 107 Å². The molecular formula is C14H19NO3. The van der Waals surface area contributed by atoms with E-state index < -0.39 is 0 Å². The van der Waals surface area contributed by atoms with Gasteiger partial charge in [0.25, 0.3) is 0 Å². The first-order chi connectivity index (χ1) is 8.80. The third kappa shape index (κ3) is 2.48. The molecule has 0 amide bonds. The van der Waals surface area contributed by atoms with Crippen molar-refractivity contribution in [3.05, 3.63) is 23.3 Å². The van der Waals surface area contributed by atoms with Gasteiger partial charge in [-0.25, -0.2) is 0 Å². The molecule has 1 unspecified atom stereocenters. The highest BCUT2D eigenvalue weighted by atomic mass is 16.5. The van der Waals surface area contributed by atoms with Gasteiger partial charge in [0.2, 0.25) is 0 Å². The standard InChI is InChI=1S/C14H19NO3/c1-17-13-10(8-12-4-3-7-15-12)5-6-11(9-16)14(13)18-2/h5-6,9,12,15H,3-4,7-8H2,1-2H3. The molecule has 1 aliphatic rings. The molecule has 1 fully saturated rings. The average molecular weight is 249 g/mol. The normalized spacial score (nSPS) is 18.7. The van der Waals surface area contributed by atoms with E-state index in [1.807, 2.05) is 6.07 Å². The highest BCUT2D eigenvalue weighted by Crippen LogP contribution is 2.35. The van der Waals surface area contributed by atoms with E-state index in [1.165, 1.54) is 12.8 Å². The van der Waals surface area contributed by atoms with Crippen molar-refractivity contribution in [1.29, 1.82) is 0 Å². The SMILES string of the molecule is COc1c(C=O)ccc(CC2CCCN2)c1OC. The predicted molar refractivity (Wildman–Crippen MR) is 69.7 cm³/mol. The van der Waals surface area contributed by atoms with E-state index in [-0.39, 0.29) is 0 Å². The average Bonchev–Trinajstić information content (AvgIpc) is 2.90. The van der Waals surface area contributed by atoms with Crippen LogP contribution in [0.5, 0.6) is 11.5 Å². The van der Waals surface area contributed by atoms with Crippen molar-refractivity contribution in [2.24, 2.45) is 0 Å². The molecule has 0 aliphatic carbocycles. The summed E-state index contributed by atoms with van der Waals surface area (Å²) in [6.45, 7) is 1.08. The fourth-order valence-electron chi connectivity index (χ4n) is 2.50. The van der Waals surface area contributed by atoms with Crippen LogP contribution < -0.4 is 14.8 Å². The van der Waals surface area contributed by atoms with Crippen molar-refractivity contribution < 1.29 is 14.3 Å². The van der Waals surface area contributed by atoms with Crippen LogP contribution in [0.3, 0.4) is 0 Å². The number of aldehydes is 1. The summed E-state index contributed by atoms with van der Waals surface area (Å²) < 4.78 is 10.7. The van der Waals surface area contributed by atoms with E-state index >= 15 is 0 Å². The molecule has 18 heavy (non-hydrogen) atoms. The molecule has 98 valence electrons. The summed E-state index contributed by atoms with van der Waals surface area (Å²) in [6.07, 6.45) is 4.09. The summed E-state index contributed by atoms with van der Waals surface area (Å²) in [5, 5.41) is 3.46. The van der Waals surface area contributed by atoms with Gasteiger partial charge in [-0.3, -0.25) is 4.79 Å². The van der Waals surface area contributed by atoms with Gasteiger partial charge in [0.15, 0.2) is 17.8 Å². The fraction of sp³-hybridized carbons (Fsp3) is 0.500. The Morgan fingerprint density at radius 3 is 2.67 bits per heavy atom. The van der Waals surface area contributed by atoms with Gasteiger partial charge in [-0.2, -0.15) is 0 Å². The largest absolute Gasteiger partial charge is 0.493 e. The summed E-state index contributed by atoms with van der Waals surface area (Å²) >= 11 is 0. The van der Waals surface area contributed by atoms with Crippen molar-refractivity contribution in [2.75, 3.05) is 20.8 Å². The molecule has 1 aromatic rings. The first kappa shape index (κ1) is 12.9. The zero-order valence-corrected chi connectivity index (χ0v) is 10.9. The van der Waals surface area contributed by atoms with E-state index in [0.29, 0.717) is 23.1 Å². The molecule has 1 aliphatic heterocycles. The number of nitrogens with one attached hydrogen (secondary N) is 1. The molecule has 1 aromatic carbocycles. The molecule has 4 nitrogen and oxygen atoms in total. The predicted octanol–water partition coefficient (Wildman–Crippen LogP) is 1.81. The van der Waals surface area contributed by atoms with Crippen molar-refractivity contribution >= 4 is 6.29 Å². The number of rotatable bonds is 5. The maximum Gasteiger partial charge on any atom is 0.171 e. The number of hydrogen-bond acceptors (Lipinski definition) is 4. The molecular weight excluding hydrogens is 230 g/mol. The van der Waals surface area contributed by atoms with E-state index in [9.17, 15) is 4.79 Å². The van der Waals surface area contributed by atoms with E-state index in [1.54, 1.807) is 20.3 Å². The van der Waals surface area contributed by atoms with Crippen LogP contribution in [0, 0.1) is 0 Å². The third-order valence-corrected chi connectivity index (χ3v) is 3.39. The Morgan fingerprint density at radius 2 is 2.11 bits per heavy atom. The van der Waals surface area contributed by atoms with E-state index in [2.05, 4.69) is 5.32 Å². The Balaban J connectivity index is 2.31. The smallest absolute Gasteiger partial charge is 0.171 e. The van der Waals surface area contributed by atoms with Gasteiger partial charge in [-0.05, 0) is 37.4 Å². The molecule has 2 rings (SSSR count). The molecule has 0 bridgehead atoms. The van der Waals surface area contributed by atoms with Gasteiger partial charge in [0.1, 0.15) is 0 Å². The molecule has 1 N–H and O–H groups in total. The van der Waals surface area contributed by atoms with Crippen LogP contribution >= 0.6 is 0 Å². The lowest BCUT2D eigenvalue weighted by Gasteiger charge is -2.17. The second kappa shape index (κ2) is 5.87. The Kier molecular flexibility index (Phi) is 4.20. The number of carbonyl (C=O) groups is 1. The Morgan fingerprint density at radius 1 is 1.33 bits per heavy atom. The highest BCUT2D eigenvalue weighted by Gasteiger charge is 2.20. The zero-order valence-electron chi connectivity index (χ0n) is 10.9. The van der Waals surface area contributed by atoms with Gasteiger partial charge in [-0.15, -0.1) is 0 Å². The van der Waals surface area contributed by atoms with Gasteiger partial charge in [-0.1, -0.05) is 6.07 Å². The Bertz CT molecular complexity index is 425. The van der Waals surface area contributed by atoms with E-state index in [0.717, 1.165) is 24.8 Å². The van der Waals surface area contributed by atoms with Gasteiger partial charge in [0, 0.05) is 6.04 Å². The molecule has 1 saturated heterocycles. The van der Waals surface area contributed by atoms with Crippen molar-refractivity contribution in [3.63, 3.8) is 0 Å². The lowest BCUT2D eigenvalue weighted by molar-refractivity contribution is 0.112. The first-order valence-corrected chi connectivity index (χ1v) is 6.22. The van der Waals surface area contributed by atoms with Crippen LogP contribution in [0.1, 0.15) is 28.8 Å². The van der Waals surface area contributed by atoms with Crippen molar-refractivity contribution in [1.82, 2.24) is 5.32 Å². The topological polar surface area (TPSA) is 47.6 Å². The van der Waals surface area contributed by atoms with Crippen molar-refractivity contribution in [2.45, 2.75) is 25.3 Å². The minimum Gasteiger partial charge on any atom is -0.493 e. The summed E-state index contributed by atoms with van der Waals surface area (Å²) in [5.74, 6) is 1.21. The van der Waals surface area contributed by atoms with Crippen LogP contribution in [-0.2, 0) is 6.42 Å². The van der Waals surface area contributed by atoms with Crippen LogP contribution in [0.15, 0.2) is 12.1 Å². The summed E-state index contributed by atoms with van der Waals surface area (Å²) in [5.41, 5.74) is 1.61. The fourth-order valence-corrected chi connectivity index (χ4v) is 2.50. The summed E-state index contributed by atoms with van der Waals surface area (Å²) in [6, 6.07) is 4.23. The third-order valence-electron chi connectivity index (χ3n) is 3.39. The maximum atomic E-state index is 11.0. The summed E-state index contributed by atoms with van der Waals surface area (Å²) in [4.78, 5) is 11.0. The molecule has 1 heterocycles. The van der Waals surface area contributed by atoms with Gasteiger partial charge in [0.05, 0.1) is 19.8 Å². The quantitative estimate of drug-likeness (QED) is 0.808. The van der Waals surface area contributed by atoms with Crippen LogP contribution in [0.25, 0.3) is 0 Å². The zero-order chi connectivity index (χ0) is 13.0. The van der Waals surface area contributed by atoms with Crippen LogP contribution in [0.4, 0.5) is 0 Å². The minimum atomic E-state index is 0.491. The first-order valence-electron chi connectivity index (χ1n) is 6.22. The second-order valence-electron chi connectivity index (χ2n) is 4.50. The lowest BCUT2D eigenvalue weighted by Crippen LogP contribution is -2.23.